The van der Waals surface area contributed by atoms with Crippen LogP contribution in [-0.2, 0) is 6.18 Å². The molecule has 1 N–H and O–H groups in total. The number of rotatable bonds is 3. The van der Waals surface area contributed by atoms with Gasteiger partial charge in [-0.25, -0.2) is 4.68 Å². The van der Waals surface area contributed by atoms with Crippen LogP contribution in [0.5, 0.6) is 0 Å². The highest BCUT2D eigenvalue weighted by Crippen LogP contribution is 2.30. The summed E-state index contributed by atoms with van der Waals surface area (Å²) in [7, 11) is 0. The van der Waals surface area contributed by atoms with Gasteiger partial charge in [-0.2, -0.15) is 18.3 Å². The van der Waals surface area contributed by atoms with Gasteiger partial charge in [-0.1, -0.05) is 23.7 Å². The second-order valence-electron chi connectivity index (χ2n) is 6.02. The Morgan fingerprint density at radius 2 is 1.89 bits per heavy atom. The summed E-state index contributed by atoms with van der Waals surface area (Å²) in [5.41, 5.74) is 1.51. The number of carbonyl (C=O) groups is 1. The second kappa shape index (κ2) is 7.08. The zero-order valence-corrected chi connectivity index (χ0v) is 15.2. The number of nitrogens with one attached hydrogen (secondary N) is 1. The van der Waals surface area contributed by atoms with E-state index in [0.29, 0.717) is 16.4 Å². The van der Waals surface area contributed by atoms with Crippen molar-refractivity contribution in [1.29, 1.82) is 0 Å². The molecule has 1 amide bonds. The second-order valence-corrected chi connectivity index (χ2v) is 6.43. The molecule has 27 heavy (non-hydrogen) atoms. The van der Waals surface area contributed by atoms with Gasteiger partial charge in [0.1, 0.15) is 0 Å². The number of carbonyl (C=O) groups excluding carboxylic acids is 1. The van der Waals surface area contributed by atoms with Crippen molar-refractivity contribution in [2.45, 2.75) is 20.0 Å². The lowest BCUT2D eigenvalue weighted by Gasteiger charge is -2.10. The Labute approximate surface area is 158 Å². The lowest BCUT2D eigenvalue weighted by Crippen LogP contribution is -2.13. The molecule has 0 atom stereocenters. The number of halogens is 4. The predicted molar refractivity (Wildman–Crippen MR) is 97.4 cm³/mol. The van der Waals surface area contributed by atoms with E-state index in [1.54, 1.807) is 25.1 Å². The Hall–Kier alpha value is -2.80. The molecule has 3 rings (SSSR count). The van der Waals surface area contributed by atoms with E-state index >= 15 is 0 Å². The maximum atomic E-state index is 12.9. The monoisotopic (exact) mass is 393 g/mol. The van der Waals surface area contributed by atoms with Crippen LogP contribution in [0.4, 0.5) is 18.9 Å². The van der Waals surface area contributed by atoms with E-state index in [2.05, 4.69) is 10.4 Å². The minimum Gasteiger partial charge on any atom is -0.322 e. The van der Waals surface area contributed by atoms with Crippen LogP contribution in [0, 0.1) is 13.8 Å². The first kappa shape index (κ1) is 19.0. The van der Waals surface area contributed by atoms with E-state index in [9.17, 15) is 18.0 Å². The fourth-order valence-corrected chi connectivity index (χ4v) is 2.76. The topological polar surface area (TPSA) is 46.9 Å². The molecule has 140 valence electrons. The summed E-state index contributed by atoms with van der Waals surface area (Å²) in [5, 5.41) is 7.29. The number of hydrogen-bond acceptors (Lipinski definition) is 2. The standard InChI is InChI=1S/C19H15ClF3N3O/c1-11-6-7-14(9-17(11)20)25-18(27)16-10-24-26(12(16)2)15-5-3-4-13(8-15)19(21,22)23/h3-10H,1-2H3,(H,25,27). The van der Waals surface area contributed by atoms with E-state index < -0.39 is 17.6 Å². The SMILES string of the molecule is Cc1ccc(NC(=O)c2cnn(-c3cccc(C(F)(F)F)c3)c2C)cc1Cl. The number of alkyl halides is 3. The summed E-state index contributed by atoms with van der Waals surface area (Å²) in [6, 6.07) is 9.88. The van der Waals surface area contributed by atoms with Gasteiger partial charge in [0.05, 0.1) is 28.7 Å². The molecule has 3 aromatic rings. The number of anilines is 1. The minimum atomic E-state index is -4.46. The number of aromatic nitrogens is 2. The number of aryl methyl sites for hydroxylation is 1. The Morgan fingerprint density at radius 3 is 2.56 bits per heavy atom. The third kappa shape index (κ3) is 3.98. The van der Waals surface area contributed by atoms with Gasteiger partial charge >= 0.3 is 6.18 Å². The molecule has 0 radical (unpaired) electrons. The highest BCUT2D eigenvalue weighted by molar-refractivity contribution is 6.31. The molecule has 0 aliphatic carbocycles. The lowest BCUT2D eigenvalue weighted by molar-refractivity contribution is -0.137. The molecule has 1 aromatic heterocycles. The molecule has 0 saturated heterocycles. The summed E-state index contributed by atoms with van der Waals surface area (Å²) in [4.78, 5) is 12.5. The molecule has 0 aliphatic rings. The van der Waals surface area contributed by atoms with E-state index in [0.717, 1.165) is 17.7 Å². The van der Waals surface area contributed by atoms with Gasteiger partial charge in [-0.3, -0.25) is 4.79 Å². The van der Waals surface area contributed by atoms with Crippen LogP contribution in [0.3, 0.4) is 0 Å². The summed E-state index contributed by atoms with van der Waals surface area (Å²) in [6.07, 6.45) is -3.14. The van der Waals surface area contributed by atoms with Crippen LogP contribution in [0.1, 0.15) is 27.2 Å². The van der Waals surface area contributed by atoms with Gasteiger partial charge in [0.2, 0.25) is 0 Å². The molecular formula is C19H15ClF3N3O. The molecule has 0 spiro atoms. The molecule has 8 heteroatoms. The van der Waals surface area contributed by atoms with Gasteiger partial charge in [0.25, 0.3) is 5.91 Å². The average Bonchev–Trinajstić information content (AvgIpc) is 2.99. The normalized spacial score (nSPS) is 11.5. The Bertz CT molecular complexity index is 1010. The summed E-state index contributed by atoms with van der Waals surface area (Å²) >= 11 is 6.05. The Kier molecular flexibility index (Phi) is 4.97. The van der Waals surface area contributed by atoms with Crippen LogP contribution < -0.4 is 5.32 Å². The maximum absolute atomic E-state index is 12.9. The third-order valence-corrected chi connectivity index (χ3v) is 4.51. The summed E-state index contributed by atoms with van der Waals surface area (Å²) < 4.78 is 40.0. The summed E-state index contributed by atoms with van der Waals surface area (Å²) in [5.74, 6) is -0.425. The molecule has 0 saturated carbocycles. The zero-order valence-electron chi connectivity index (χ0n) is 14.4. The van der Waals surface area contributed by atoms with Crippen molar-refractivity contribution in [2.75, 3.05) is 5.32 Å². The number of nitrogens with zero attached hydrogens (tertiary/aromatic N) is 2. The molecule has 0 unspecified atom stereocenters. The van der Waals surface area contributed by atoms with Crippen molar-refractivity contribution in [1.82, 2.24) is 9.78 Å². The van der Waals surface area contributed by atoms with E-state index in [1.807, 2.05) is 6.92 Å². The number of amides is 1. The minimum absolute atomic E-state index is 0.222. The molecule has 0 aliphatic heterocycles. The molecule has 0 bridgehead atoms. The van der Waals surface area contributed by atoms with E-state index in [-0.39, 0.29) is 11.3 Å². The molecule has 1 heterocycles. The highest BCUT2D eigenvalue weighted by atomic mass is 35.5. The average molecular weight is 394 g/mol. The van der Waals surface area contributed by atoms with Gasteiger partial charge < -0.3 is 5.32 Å². The molecule has 2 aromatic carbocycles. The fraction of sp³-hybridized carbons (Fsp3) is 0.158. The van der Waals surface area contributed by atoms with Crippen molar-refractivity contribution < 1.29 is 18.0 Å². The first-order valence-electron chi connectivity index (χ1n) is 7.96. The largest absolute Gasteiger partial charge is 0.416 e. The fourth-order valence-electron chi connectivity index (χ4n) is 2.58. The maximum Gasteiger partial charge on any atom is 0.416 e. The van der Waals surface area contributed by atoms with Crippen LogP contribution in [0.25, 0.3) is 5.69 Å². The first-order chi connectivity index (χ1) is 12.7. The quantitative estimate of drug-likeness (QED) is 0.646. The van der Waals surface area contributed by atoms with Gasteiger partial charge in [0, 0.05) is 10.7 Å². The van der Waals surface area contributed by atoms with Crippen LogP contribution in [0.2, 0.25) is 5.02 Å². The van der Waals surface area contributed by atoms with Crippen molar-refractivity contribution in [3.8, 4) is 5.69 Å². The van der Waals surface area contributed by atoms with E-state index in [4.69, 9.17) is 11.6 Å². The highest BCUT2D eigenvalue weighted by Gasteiger charge is 2.30. The Morgan fingerprint density at radius 1 is 1.15 bits per heavy atom. The van der Waals surface area contributed by atoms with Crippen molar-refractivity contribution in [3.05, 3.63) is 76.1 Å². The van der Waals surface area contributed by atoms with Gasteiger partial charge in [-0.05, 0) is 49.7 Å². The Balaban J connectivity index is 1.89. The van der Waals surface area contributed by atoms with Crippen LogP contribution in [0.15, 0.2) is 48.7 Å². The third-order valence-electron chi connectivity index (χ3n) is 4.10. The van der Waals surface area contributed by atoms with Crippen molar-refractivity contribution in [3.63, 3.8) is 0 Å². The first-order valence-corrected chi connectivity index (χ1v) is 8.34. The van der Waals surface area contributed by atoms with Gasteiger partial charge in [-0.15, -0.1) is 0 Å². The van der Waals surface area contributed by atoms with Crippen molar-refractivity contribution >= 4 is 23.2 Å². The van der Waals surface area contributed by atoms with Crippen LogP contribution >= 0.6 is 11.6 Å². The van der Waals surface area contributed by atoms with Gasteiger partial charge in [0.15, 0.2) is 0 Å². The summed E-state index contributed by atoms with van der Waals surface area (Å²) in [6.45, 7) is 3.46. The molecular weight excluding hydrogens is 379 g/mol. The molecule has 0 fully saturated rings. The zero-order chi connectivity index (χ0) is 19.8. The van der Waals surface area contributed by atoms with Crippen molar-refractivity contribution in [2.24, 2.45) is 0 Å². The molecule has 4 nitrogen and oxygen atoms in total. The lowest BCUT2D eigenvalue weighted by atomic mass is 10.2. The smallest absolute Gasteiger partial charge is 0.322 e. The number of benzene rings is 2. The number of hydrogen-bond donors (Lipinski definition) is 1. The van der Waals surface area contributed by atoms with Crippen LogP contribution in [-0.4, -0.2) is 15.7 Å². The van der Waals surface area contributed by atoms with E-state index in [1.165, 1.54) is 23.0 Å². The predicted octanol–water partition coefficient (Wildman–Crippen LogP) is 5.41.